The zero-order valence-electron chi connectivity index (χ0n) is 14.4. The van der Waals surface area contributed by atoms with Crippen LogP contribution < -0.4 is 10.2 Å². The summed E-state index contributed by atoms with van der Waals surface area (Å²) in [4.78, 5) is 12.7. The zero-order valence-corrected chi connectivity index (χ0v) is 15.2. The summed E-state index contributed by atoms with van der Waals surface area (Å²) >= 11 is 0. The molecule has 3 unspecified atom stereocenters. The minimum Gasteiger partial charge on any atom is -0.491 e. The van der Waals surface area contributed by atoms with E-state index in [-0.39, 0.29) is 12.0 Å². The Labute approximate surface area is 146 Å². The Morgan fingerprint density at radius 3 is 2.46 bits per heavy atom. The minimum atomic E-state index is -1.50. The summed E-state index contributed by atoms with van der Waals surface area (Å²) in [5, 5.41) is 8.34. The van der Waals surface area contributed by atoms with Crippen molar-refractivity contribution in [2.75, 3.05) is 0 Å². The Morgan fingerprint density at radius 1 is 1.29 bits per heavy atom. The van der Waals surface area contributed by atoms with Gasteiger partial charge in [0.05, 0.1) is 16.9 Å². The molecule has 134 valence electrons. The molecule has 0 saturated heterocycles. The molecule has 1 aromatic rings. The largest absolute Gasteiger partial charge is 0.491 e. The average Bonchev–Trinajstić information content (AvgIpc) is 2.63. The van der Waals surface area contributed by atoms with E-state index in [9.17, 15) is 9.00 Å². The maximum absolute atomic E-state index is 12.9. The van der Waals surface area contributed by atoms with Gasteiger partial charge in [0.25, 0.3) is 5.91 Å². The highest BCUT2D eigenvalue weighted by Gasteiger charge is 2.35. The molecule has 0 spiro atoms. The quantitative estimate of drug-likeness (QED) is 0.582. The van der Waals surface area contributed by atoms with Crippen LogP contribution in [0.25, 0.3) is 0 Å². The van der Waals surface area contributed by atoms with Crippen molar-refractivity contribution in [2.45, 2.75) is 68.6 Å². The highest BCUT2D eigenvalue weighted by atomic mass is 32.2. The molecule has 1 fully saturated rings. The lowest BCUT2D eigenvalue weighted by atomic mass is 9.86. The fraction of sp³-hybridized carbons (Fsp3) is 0.611. The van der Waals surface area contributed by atoms with E-state index in [0.717, 1.165) is 44.3 Å². The van der Waals surface area contributed by atoms with E-state index in [4.69, 9.17) is 9.94 Å². The van der Waals surface area contributed by atoms with Gasteiger partial charge in [-0.2, -0.15) is 0 Å². The van der Waals surface area contributed by atoms with Crippen LogP contribution in [0, 0.1) is 5.92 Å². The van der Waals surface area contributed by atoms with E-state index in [1.165, 1.54) is 0 Å². The molecular formula is C18H27NO4S. The molecule has 0 bridgehead atoms. The maximum Gasteiger partial charge on any atom is 0.259 e. The number of benzene rings is 1. The molecule has 5 nitrogen and oxygen atoms in total. The first-order valence-corrected chi connectivity index (χ1v) is 9.89. The van der Waals surface area contributed by atoms with Crippen molar-refractivity contribution in [1.82, 2.24) is 5.48 Å². The zero-order chi connectivity index (χ0) is 17.5. The van der Waals surface area contributed by atoms with Gasteiger partial charge in [-0.05, 0) is 56.4 Å². The van der Waals surface area contributed by atoms with Gasteiger partial charge in [0.15, 0.2) is 0 Å². The molecule has 1 aliphatic carbocycles. The van der Waals surface area contributed by atoms with Crippen LogP contribution >= 0.6 is 0 Å². The third-order valence-corrected chi connectivity index (χ3v) is 6.44. The van der Waals surface area contributed by atoms with E-state index in [1.807, 2.05) is 6.92 Å². The monoisotopic (exact) mass is 353 g/mol. The maximum atomic E-state index is 12.9. The molecule has 24 heavy (non-hydrogen) atoms. The van der Waals surface area contributed by atoms with Gasteiger partial charge in [-0.15, -0.1) is 0 Å². The van der Waals surface area contributed by atoms with E-state index in [1.54, 1.807) is 29.7 Å². The highest BCUT2D eigenvalue weighted by molar-refractivity contribution is 7.86. The van der Waals surface area contributed by atoms with Crippen molar-refractivity contribution in [3.8, 4) is 5.75 Å². The highest BCUT2D eigenvalue weighted by Crippen LogP contribution is 2.31. The molecule has 3 atom stereocenters. The van der Waals surface area contributed by atoms with Crippen molar-refractivity contribution >= 4 is 16.7 Å². The number of hydroxylamine groups is 1. The lowest BCUT2D eigenvalue weighted by molar-refractivity contribution is -0.129. The SMILES string of the molecule is CCC(C)Oc1ccc(S(=O)C(C(=O)NO)C2CCCCC2)cc1. The number of rotatable bonds is 7. The standard InChI is InChI=1S/C18H27NO4S/c1-3-13(2)23-15-9-11-16(12-10-15)24(22)17(18(20)19-21)14-7-5-4-6-8-14/h9-14,17,21H,3-8H2,1-2H3,(H,19,20). The van der Waals surface area contributed by atoms with E-state index >= 15 is 0 Å². The number of carbonyl (C=O) groups excluding carboxylic acids is 1. The fourth-order valence-corrected chi connectivity index (χ4v) is 4.67. The van der Waals surface area contributed by atoms with Crippen molar-refractivity contribution in [3.05, 3.63) is 24.3 Å². The van der Waals surface area contributed by atoms with Crippen molar-refractivity contribution in [2.24, 2.45) is 5.92 Å². The lowest BCUT2D eigenvalue weighted by Crippen LogP contribution is -2.41. The predicted octanol–water partition coefficient (Wildman–Crippen LogP) is 3.43. The van der Waals surface area contributed by atoms with Gasteiger partial charge < -0.3 is 4.74 Å². The van der Waals surface area contributed by atoms with Crippen molar-refractivity contribution < 1.29 is 18.9 Å². The van der Waals surface area contributed by atoms with Crippen molar-refractivity contribution in [3.63, 3.8) is 0 Å². The molecule has 0 aromatic heterocycles. The smallest absolute Gasteiger partial charge is 0.259 e. The third-order valence-electron chi connectivity index (χ3n) is 4.65. The number of ether oxygens (including phenoxy) is 1. The number of hydrogen-bond acceptors (Lipinski definition) is 4. The van der Waals surface area contributed by atoms with Gasteiger partial charge in [-0.3, -0.25) is 14.2 Å². The van der Waals surface area contributed by atoms with E-state index in [0.29, 0.717) is 4.90 Å². The van der Waals surface area contributed by atoms with Crippen LogP contribution in [0.15, 0.2) is 29.2 Å². The van der Waals surface area contributed by atoms with Gasteiger partial charge in [0.2, 0.25) is 0 Å². The first kappa shape index (κ1) is 18.9. The summed E-state index contributed by atoms with van der Waals surface area (Å²) in [5.74, 6) is 0.217. The fourth-order valence-electron chi connectivity index (χ4n) is 3.10. The van der Waals surface area contributed by atoms with Crippen LogP contribution in [-0.2, 0) is 15.6 Å². The molecule has 0 heterocycles. The lowest BCUT2D eigenvalue weighted by Gasteiger charge is -2.28. The Balaban J connectivity index is 2.14. The van der Waals surface area contributed by atoms with Crippen LogP contribution in [0.5, 0.6) is 5.75 Å². The number of amides is 1. The number of nitrogens with one attached hydrogen (secondary N) is 1. The summed E-state index contributed by atoms with van der Waals surface area (Å²) in [6.07, 6.45) is 6.01. The molecule has 2 rings (SSSR count). The van der Waals surface area contributed by atoms with Gasteiger partial charge in [-0.1, -0.05) is 26.2 Å². The number of hydrogen-bond donors (Lipinski definition) is 2. The van der Waals surface area contributed by atoms with Gasteiger partial charge >= 0.3 is 0 Å². The van der Waals surface area contributed by atoms with Crippen LogP contribution in [0.3, 0.4) is 0 Å². The Hall–Kier alpha value is -1.40. The second-order valence-corrected chi connectivity index (χ2v) is 7.97. The summed E-state index contributed by atoms with van der Waals surface area (Å²) in [5.41, 5.74) is 1.70. The Morgan fingerprint density at radius 2 is 1.92 bits per heavy atom. The van der Waals surface area contributed by atoms with E-state index < -0.39 is 22.0 Å². The second kappa shape index (κ2) is 9.18. The topological polar surface area (TPSA) is 75.6 Å². The molecule has 1 aliphatic rings. The summed E-state index contributed by atoms with van der Waals surface area (Å²) in [7, 11) is -1.50. The second-order valence-electron chi connectivity index (χ2n) is 6.40. The Bertz CT molecular complexity index is 555. The molecular weight excluding hydrogens is 326 g/mol. The van der Waals surface area contributed by atoms with Gasteiger partial charge in [-0.25, -0.2) is 5.48 Å². The molecule has 2 N–H and O–H groups in total. The summed E-state index contributed by atoms with van der Waals surface area (Å²) in [6, 6.07) is 7.06. The molecule has 0 aliphatic heterocycles. The minimum absolute atomic E-state index is 0.0442. The van der Waals surface area contributed by atoms with E-state index in [2.05, 4.69) is 6.92 Å². The predicted molar refractivity (Wildman–Crippen MR) is 93.5 cm³/mol. The molecule has 6 heteroatoms. The van der Waals surface area contributed by atoms with Crippen LogP contribution in [-0.4, -0.2) is 26.7 Å². The van der Waals surface area contributed by atoms with Crippen molar-refractivity contribution in [1.29, 1.82) is 0 Å². The van der Waals surface area contributed by atoms with Crippen LogP contribution in [0.1, 0.15) is 52.4 Å². The third kappa shape index (κ3) is 4.80. The normalized spacial score (nSPS) is 19.3. The summed E-state index contributed by atoms with van der Waals surface area (Å²) in [6.45, 7) is 4.05. The van der Waals surface area contributed by atoms with Gasteiger partial charge in [0, 0.05) is 4.90 Å². The van der Waals surface area contributed by atoms with Crippen LogP contribution in [0.2, 0.25) is 0 Å². The number of carbonyl (C=O) groups is 1. The molecule has 1 aromatic carbocycles. The summed E-state index contributed by atoms with van der Waals surface area (Å²) < 4.78 is 18.7. The molecule has 0 radical (unpaired) electrons. The first-order valence-electron chi connectivity index (χ1n) is 8.68. The van der Waals surface area contributed by atoms with Crippen LogP contribution in [0.4, 0.5) is 0 Å². The Kier molecular flexibility index (Phi) is 7.24. The average molecular weight is 353 g/mol. The van der Waals surface area contributed by atoms with Gasteiger partial charge in [0.1, 0.15) is 11.0 Å². The first-order chi connectivity index (χ1) is 11.6. The molecule has 1 saturated carbocycles. The molecule has 1 amide bonds.